The summed E-state index contributed by atoms with van der Waals surface area (Å²) in [4.78, 5) is 0. The Morgan fingerprint density at radius 1 is 0.905 bits per heavy atom. The highest BCUT2D eigenvalue weighted by Crippen LogP contribution is 2.29. The van der Waals surface area contributed by atoms with Crippen LogP contribution in [0, 0.1) is 10.8 Å². The topological polar surface area (TPSA) is 99.4 Å². The molecule has 2 saturated heterocycles. The molecule has 0 aromatic rings. The van der Waals surface area contributed by atoms with Crippen LogP contribution in [0.15, 0.2) is 0 Å². The quantitative estimate of drug-likeness (QED) is 0.558. The van der Waals surface area contributed by atoms with Gasteiger partial charge in [0, 0.05) is 24.0 Å². The van der Waals surface area contributed by atoms with Gasteiger partial charge in [0.2, 0.25) is 0 Å². The molecule has 2 rings (SSSR count). The van der Waals surface area contributed by atoms with E-state index >= 15 is 0 Å². The Labute approximate surface area is 127 Å². The zero-order chi connectivity index (χ0) is 16.2. The normalized spacial score (nSPS) is 19.1. The summed E-state index contributed by atoms with van der Waals surface area (Å²) in [6.07, 6.45) is 2.90. The fourth-order valence-corrected chi connectivity index (χ4v) is 1.43. The molecule has 2 fully saturated rings. The molecular formula is C15H32O6. The van der Waals surface area contributed by atoms with E-state index in [1.54, 1.807) is 0 Å². The molecule has 0 bridgehead atoms. The number of ether oxygens (including phenoxy) is 2. The second-order valence-corrected chi connectivity index (χ2v) is 5.80. The van der Waals surface area contributed by atoms with Gasteiger partial charge in [-0.2, -0.15) is 0 Å². The van der Waals surface area contributed by atoms with E-state index in [1.807, 2.05) is 6.92 Å². The fraction of sp³-hybridized carbons (Fsp3) is 1.00. The third-order valence-electron chi connectivity index (χ3n) is 4.24. The van der Waals surface area contributed by atoms with Crippen LogP contribution in [-0.4, -0.2) is 73.3 Å². The van der Waals surface area contributed by atoms with Crippen molar-refractivity contribution in [1.82, 2.24) is 0 Å². The Morgan fingerprint density at radius 3 is 1.33 bits per heavy atom. The van der Waals surface area contributed by atoms with Gasteiger partial charge in [-0.3, -0.25) is 0 Å². The highest BCUT2D eigenvalue weighted by Gasteiger charge is 2.35. The number of hydrogen-bond donors (Lipinski definition) is 4. The van der Waals surface area contributed by atoms with Crippen LogP contribution in [0.2, 0.25) is 0 Å². The number of aliphatic hydroxyl groups excluding tert-OH is 4. The minimum Gasteiger partial charge on any atom is -0.396 e. The summed E-state index contributed by atoms with van der Waals surface area (Å²) < 4.78 is 9.68. The molecule has 0 aromatic carbocycles. The first-order chi connectivity index (χ1) is 10.1. The zero-order valence-electron chi connectivity index (χ0n) is 13.4. The first-order valence-corrected chi connectivity index (χ1v) is 7.66. The summed E-state index contributed by atoms with van der Waals surface area (Å²) in [5.41, 5.74) is -0.528. The Hall–Kier alpha value is -0.240. The van der Waals surface area contributed by atoms with Gasteiger partial charge in [-0.25, -0.2) is 0 Å². The van der Waals surface area contributed by atoms with Crippen LogP contribution in [0.5, 0.6) is 0 Å². The summed E-state index contributed by atoms with van der Waals surface area (Å²) in [6.45, 7) is 7.22. The maximum Gasteiger partial charge on any atom is 0.0566 e. The first-order valence-electron chi connectivity index (χ1n) is 7.66. The molecule has 6 nitrogen and oxygen atoms in total. The van der Waals surface area contributed by atoms with Crippen LogP contribution in [0.4, 0.5) is 0 Å². The minimum atomic E-state index is -0.667. The van der Waals surface area contributed by atoms with Gasteiger partial charge < -0.3 is 29.9 Å². The molecule has 0 saturated carbocycles. The van der Waals surface area contributed by atoms with Gasteiger partial charge in [-0.15, -0.1) is 0 Å². The van der Waals surface area contributed by atoms with Crippen molar-refractivity contribution in [3.63, 3.8) is 0 Å². The minimum absolute atomic E-state index is 0.139. The standard InChI is InChI=1S/C6H14O3.C6H12O2.C3H6O/c1-2-6(3-7,4-8)5-9;1-2-6(3-7)4-8-5-6;1-2-4-3-1/h7-9H,2-5H2,1H3;7H,2-5H2,1H3;1-3H2. The van der Waals surface area contributed by atoms with E-state index in [0.29, 0.717) is 6.42 Å². The lowest BCUT2D eigenvalue weighted by molar-refractivity contribution is -0.138. The summed E-state index contributed by atoms with van der Waals surface area (Å²) in [6, 6.07) is 0. The van der Waals surface area contributed by atoms with Crippen molar-refractivity contribution in [3.05, 3.63) is 0 Å². The highest BCUT2D eigenvalue weighted by molar-refractivity contribution is 4.82. The maximum absolute atomic E-state index is 8.76. The Bertz CT molecular complexity index is 199. The molecule has 4 N–H and O–H groups in total. The molecule has 128 valence electrons. The van der Waals surface area contributed by atoms with Gasteiger partial charge in [0.15, 0.2) is 0 Å². The van der Waals surface area contributed by atoms with Crippen LogP contribution in [0.1, 0.15) is 33.1 Å². The molecule has 6 heteroatoms. The van der Waals surface area contributed by atoms with Crippen molar-refractivity contribution in [2.45, 2.75) is 33.1 Å². The molecule has 2 heterocycles. The van der Waals surface area contributed by atoms with Crippen molar-refractivity contribution in [2.24, 2.45) is 10.8 Å². The molecule has 0 aliphatic carbocycles. The van der Waals surface area contributed by atoms with Crippen LogP contribution >= 0.6 is 0 Å². The van der Waals surface area contributed by atoms with E-state index in [1.165, 1.54) is 6.42 Å². The fourth-order valence-electron chi connectivity index (χ4n) is 1.43. The molecule has 0 atom stereocenters. The van der Waals surface area contributed by atoms with Crippen LogP contribution < -0.4 is 0 Å². The molecular weight excluding hydrogens is 276 g/mol. The summed E-state index contributed by atoms with van der Waals surface area (Å²) in [5.74, 6) is 0. The second-order valence-electron chi connectivity index (χ2n) is 5.80. The SMILES string of the molecule is C1COC1.CCC(CO)(CO)CO.CCC1(CO)COC1. The molecule has 21 heavy (non-hydrogen) atoms. The van der Waals surface area contributed by atoms with E-state index in [0.717, 1.165) is 32.8 Å². The van der Waals surface area contributed by atoms with E-state index in [-0.39, 0.29) is 31.8 Å². The monoisotopic (exact) mass is 308 g/mol. The zero-order valence-corrected chi connectivity index (χ0v) is 13.4. The molecule has 0 amide bonds. The van der Waals surface area contributed by atoms with E-state index in [2.05, 4.69) is 6.92 Å². The van der Waals surface area contributed by atoms with Gasteiger partial charge >= 0.3 is 0 Å². The predicted octanol–water partition coefficient (Wildman–Crippen LogP) is 0.172. The summed E-state index contributed by atoms with van der Waals surface area (Å²) >= 11 is 0. The second kappa shape index (κ2) is 11.3. The van der Waals surface area contributed by atoms with E-state index < -0.39 is 5.41 Å². The molecule has 2 aliphatic heterocycles. The van der Waals surface area contributed by atoms with Crippen molar-refractivity contribution in [3.8, 4) is 0 Å². The maximum atomic E-state index is 8.76. The number of rotatable bonds is 6. The van der Waals surface area contributed by atoms with E-state index in [9.17, 15) is 0 Å². The molecule has 2 aliphatic rings. The first kappa shape index (κ1) is 20.8. The molecule has 0 radical (unpaired) electrons. The molecule has 0 spiro atoms. The third-order valence-corrected chi connectivity index (χ3v) is 4.24. The summed E-state index contributed by atoms with van der Waals surface area (Å²) in [5, 5.41) is 34.7. The number of aliphatic hydroxyl groups is 4. The lowest BCUT2D eigenvalue weighted by Gasteiger charge is -2.38. The average Bonchev–Trinajstić information content (AvgIpc) is 2.41. The summed E-state index contributed by atoms with van der Waals surface area (Å²) in [7, 11) is 0. The van der Waals surface area contributed by atoms with Crippen molar-refractivity contribution >= 4 is 0 Å². The van der Waals surface area contributed by atoms with Gasteiger partial charge in [-0.05, 0) is 19.3 Å². The largest absolute Gasteiger partial charge is 0.396 e. The van der Waals surface area contributed by atoms with Gasteiger partial charge in [-0.1, -0.05) is 13.8 Å². The Kier molecular flexibility index (Phi) is 11.2. The van der Waals surface area contributed by atoms with Crippen LogP contribution in [0.3, 0.4) is 0 Å². The van der Waals surface area contributed by atoms with Crippen LogP contribution in [-0.2, 0) is 9.47 Å². The smallest absolute Gasteiger partial charge is 0.0566 e. The molecule has 0 unspecified atom stereocenters. The van der Waals surface area contributed by atoms with E-state index in [4.69, 9.17) is 29.9 Å². The Balaban J connectivity index is 0.000000303. The van der Waals surface area contributed by atoms with Crippen LogP contribution in [0.25, 0.3) is 0 Å². The van der Waals surface area contributed by atoms with Crippen molar-refractivity contribution < 1.29 is 29.9 Å². The average molecular weight is 308 g/mol. The third kappa shape index (κ3) is 7.04. The highest BCUT2D eigenvalue weighted by atomic mass is 16.5. The predicted molar refractivity (Wildman–Crippen MR) is 80.0 cm³/mol. The van der Waals surface area contributed by atoms with Gasteiger partial charge in [0.1, 0.15) is 0 Å². The molecule has 0 aromatic heterocycles. The van der Waals surface area contributed by atoms with Crippen molar-refractivity contribution in [2.75, 3.05) is 52.9 Å². The lowest BCUT2D eigenvalue weighted by Crippen LogP contribution is -2.44. The Morgan fingerprint density at radius 2 is 1.33 bits per heavy atom. The van der Waals surface area contributed by atoms with Crippen molar-refractivity contribution in [1.29, 1.82) is 0 Å². The lowest BCUT2D eigenvalue weighted by atomic mass is 9.84. The van der Waals surface area contributed by atoms with Gasteiger partial charge in [0.25, 0.3) is 0 Å². The van der Waals surface area contributed by atoms with Gasteiger partial charge in [0.05, 0.1) is 39.6 Å². The number of hydrogen-bond acceptors (Lipinski definition) is 6.